The van der Waals surface area contributed by atoms with Gasteiger partial charge in [-0.05, 0) is 80.0 Å². The molecule has 0 spiro atoms. The number of fused-ring (bicyclic) bond motifs is 1. The number of aryl methyl sites for hydroxylation is 2. The molecule has 1 N–H and O–H groups in total. The van der Waals surface area contributed by atoms with Crippen molar-refractivity contribution in [1.29, 1.82) is 0 Å². The average molecular weight is 285 g/mol. The largest absolute Gasteiger partial charge is 0.313 e. The van der Waals surface area contributed by atoms with E-state index in [2.05, 4.69) is 37.4 Å². The molecule has 1 aromatic carbocycles. The smallest absolute Gasteiger partial charge is 0.0136 e. The fourth-order valence-electron chi connectivity index (χ4n) is 4.36. The molecule has 3 rings (SSSR count). The fourth-order valence-corrected chi connectivity index (χ4v) is 4.36. The summed E-state index contributed by atoms with van der Waals surface area (Å²) in [5.74, 6) is 1.82. The van der Waals surface area contributed by atoms with E-state index in [1.165, 1.54) is 57.9 Å². The Balaban J connectivity index is 1.68. The molecule has 1 saturated carbocycles. The van der Waals surface area contributed by atoms with Crippen LogP contribution in [0.3, 0.4) is 0 Å². The standard InChI is InChI=1S/C20H31N/c1-3-11-21-20(19-9-7-15(2)12-19)14-16-8-10-17-5-4-6-18(17)13-16/h8,10,13,15,19-21H,3-7,9,11-12,14H2,1-2H3. The van der Waals surface area contributed by atoms with E-state index in [1.54, 1.807) is 16.7 Å². The molecule has 1 aromatic rings. The number of hydrogen-bond donors (Lipinski definition) is 1. The normalized spacial score (nSPS) is 26.0. The van der Waals surface area contributed by atoms with Crippen LogP contribution in [0.2, 0.25) is 0 Å². The van der Waals surface area contributed by atoms with Crippen LogP contribution in [0.25, 0.3) is 0 Å². The molecule has 0 amide bonds. The Labute approximate surface area is 130 Å². The summed E-state index contributed by atoms with van der Waals surface area (Å²) in [6.07, 6.45) is 10.7. The van der Waals surface area contributed by atoms with Gasteiger partial charge < -0.3 is 5.32 Å². The highest BCUT2D eigenvalue weighted by Crippen LogP contribution is 2.34. The summed E-state index contributed by atoms with van der Waals surface area (Å²) in [5, 5.41) is 3.85. The summed E-state index contributed by atoms with van der Waals surface area (Å²) < 4.78 is 0. The maximum atomic E-state index is 3.85. The Morgan fingerprint density at radius 2 is 2.05 bits per heavy atom. The molecule has 0 aliphatic heterocycles. The van der Waals surface area contributed by atoms with Crippen LogP contribution in [0.1, 0.15) is 62.6 Å². The molecule has 0 bridgehead atoms. The van der Waals surface area contributed by atoms with Gasteiger partial charge >= 0.3 is 0 Å². The van der Waals surface area contributed by atoms with Crippen LogP contribution in [-0.2, 0) is 19.3 Å². The second-order valence-electron chi connectivity index (χ2n) is 7.40. The molecule has 116 valence electrons. The molecular formula is C20H31N. The Kier molecular flexibility index (Phi) is 5.00. The van der Waals surface area contributed by atoms with Gasteiger partial charge in [-0.2, -0.15) is 0 Å². The average Bonchev–Trinajstić information content (AvgIpc) is 3.11. The van der Waals surface area contributed by atoms with Gasteiger partial charge in [0.25, 0.3) is 0 Å². The van der Waals surface area contributed by atoms with Crippen molar-refractivity contribution < 1.29 is 0 Å². The van der Waals surface area contributed by atoms with Gasteiger partial charge in [0, 0.05) is 6.04 Å². The predicted octanol–water partition coefficient (Wildman–Crippen LogP) is 4.52. The molecule has 21 heavy (non-hydrogen) atoms. The minimum absolute atomic E-state index is 0.689. The van der Waals surface area contributed by atoms with E-state index in [-0.39, 0.29) is 0 Å². The van der Waals surface area contributed by atoms with Crippen LogP contribution in [0.4, 0.5) is 0 Å². The van der Waals surface area contributed by atoms with Gasteiger partial charge in [-0.25, -0.2) is 0 Å². The molecule has 0 radical (unpaired) electrons. The molecule has 0 heterocycles. The van der Waals surface area contributed by atoms with Gasteiger partial charge in [-0.15, -0.1) is 0 Å². The van der Waals surface area contributed by atoms with E-state index in [1.807, 2.05) is 0 Å². The van der Waals surface area contributed by atoms with E-state index in [4.69, 9.17) is 0 Å². The topological polar surface area (TPSA) is 12.0 Å². The van der Waals surface area contributed by atoms with Gasteiger partial charge in [0.15, 0.2) is 0 Å². The second kappa shape index (κ2) is 6.96. The molecule has 0 aromatic heterocycles. The lowest BCUT2D eigenvalue weighted by atomic mass is 9.90. The van der Waals surface area contributed by atoms with Gasteiger partial charge in [-0.1, -0.05) is 38.5 Å². The van der Waals surface area contributed by atoms with Crippen LogP contribution < -0.4 is 5.32 Å². The van der Waals surface area contributed by atoms with E-state index >= 15 is 0 Å². The first-order valence-electron chi connectivity index (χ1n) is 9.10. The minimum atomic E-state index is 0.689. The van der Waals surface area contributed by atoms with Gasteiger partial charge in [0.2, 0.25) is 0 Å². The summed E-state index contributed by atoms with van der Waals surface area (Å²) in [5.41, 5.74) is 4.79. The molecule has 2 aliphatic rings. The van der Waals surface area contributed by atoms with Gasteiger partial charge in [-0.3, -0.25) is 0 Å². The quantitative estimate of drug-likeness (QED) is 0.810. The van der Waals surface area contributed by atoms with Crippen molar-refractivity contribution in [2.75, 3.05) is 6.54 Å². The summed E-state index contributed by atoms with van der Waals surface area (Å²) in [6.45, 7) is 5.86. The predicted molar refractivity (Wildman–Crippen MR) is 90.8 cm³/mol. The van der Waals surface area contributed by atoms with Crippen molar-refractivity contribution in [3.05, 3.63) is 34.9 Å². The Morgan fingerprint density at radius 1 is 1.19 bits per heavy atom. The Bertz CT molecular complexity index is 465. The van der Waals surface area contributed by atoms with Gasteiger partial charge in [0.05, 0.1) is 0 Å². The minimum Gasteiger partial charge on any atom is -0.313 e. The third-order valence-electron chi connectivity index (χ3n) is 5.58. The van der Waals surface area contributed by atoms with Gasteiger partial charge in [0.1, 0.15) is 0 Å². The van der Waals surface area contributed by atoms with Crippen LogP contribution in [-0.4, -0.2) is 12.6 Å². The zero-order chi connectivity index (χ0) is 14.7. The van der Waals surface area contributed by atoms with Crippen LogP contribution >= 0.6 is 0 Å². The molecule has 3 unspecified atom stereocenters. The lowest BCUT2D eigenvalue weighted by molar-refractivity contribution is 0.348. The van der Waals surface area contributed by atoms with Crippen LogP contribution in [0.5, 0.6) is 0 Å². The van der Waals surface area contributed by atoms with Crippen molar-refractivity contribution in [3.63, 3.8) is 0 Å². The Morgan fingerprint density at radius 3 is 2.81 bits per heavy atom. The highest BCUT2D eigenvalue weighted by molar-refractivity contribution is 5.35. The first kappa shape index (κ1) is 15.1. The lowest BCUT2D eigenvalue weighted by Crippen LogP contribution is -2.37. The molecule has 0 saturated heterocycles. The molecular weight excluding hydrogens is 254 g/mol. The van der Waals surface area contributed by atoms with Crippen LogP contribution in [0.15, 0.2) is 18.2 Å². The monoisotopic (exact) mass is 285 g/mol. The fraction of sp³-hybridized carbons (Fsp3) is 0.700. The van der Waals surface area contributed by atoms with Crippen molar-refractivity contribution in [3.8, 4) is 0 Å². The first-order chi connectivity index (χ1) is 10.3. The van der Waals surface area contributed by atoms with E-state index < -0.39 is 0 Å². The Hall–Kier alpha value is -0.820. The van der Waals surface area contributed by atoms with Crippen molar-refractivity contribution in [2.45, 2.75) is 71.3 Å². The first-order valence-corrected chi connectivity index (χ1v) is 9.10. The molecule has 1 fully saturated rings. The maximum Gasteiger partial charge on any atom is 0.0136 e. The molecule has 2 aliphatic carbocycles. The zero-order valence-corrected chi connectivity index (χ0v) is 13.8. The van der Waals surface area contributed by atoms with Crippen molar-refractivity contribution in [2.24, 2.45) is 11.8 Å². The van der Waals surface area contributed by atoms with E-state index in [0.717, 1.165) is 11.8 Å². The summed E-state index contributed by atoms with van der Waals surface area (Å²) in [6, 6.07) is 7.98. The zero-order valence-electron chi connectivity index (χ0n) is 13.8. The number of nitrogens with one attached hydrogen (secondary N) is 1. The van der Waals surface area contributed by atoms with Crippen LogP contribution in [0, 0.1) is 11.8 Å². The SMILES string of the molecule is CCCNC(Cc1ccc2c(c1)CCC2)C1CCC(C)C1. The van der Waals surface area contributed by atoms with E-state index in [9.17, 15) is 0 Å². The maximum absolute atomic E-state index is 3.85. The summed E-state index contributed by atoms with van der Waals surface area (Å²) >= 11 is 0. The number of rotatable bonds is 6. The third-order valence-corrected chi connectivity index (χ3v) is 5.58. The highest BCUT2D eigenvalue weighted by atomic mass is 14.9. The summed E-state index contributed by atoms with van der Waals surface area (Å²) in [7, 11) is 0. The van der Waals surface area contributed by atoms with Crippen molar-refractivity contribution in [1.82, 2.24) is 5.32 Å². The molecule has 1 heteroatoms. The number of hydrogen-bond acceptors (Lipinski definition) is 1. The highest BCUT2D eigenvalue weighted by Gasteiger charge is 2.28. The summed E-state index contributed by atoms with van der Waals surface area (Å²) in [4.78, 5) is 0. The molecule has 1 nitrogen and oxygen atoms in total. The third kappa shape index (κ3) is 3.69. The number of benzene rings is 1. The lowest BCUT2D eigenvalue weighted by Gasteiger charge is -2.25. The van der Waals surface area contributed by atoms with E-state index in [0.29, 0.717) is 6.04 Å². The second-order valence-corrected chi connectivity index (χ2v) is 7.40. The van der Waals surface area contributed by atoms with Crippen molar-refractivity contribution >= 4 is 0 Å². The molecule has 3 atom stereocenters.